The Balaban J connectivity index is 2.16. The van der Waals surface area contributed by atoms with Gasteiger partial charge in [0, 0.05) is 16.6 Å². The average molecular weight is 296 g/mol. The van der Waals surface area contributed by atoms with Crippen LogP contribution in [0.3, 0.4) is 0 Å². The van der Waals surface area contributed by atoms with Gasteiger partial charge in [-0.15, -0.1) is 0 Å². The van der Waals surface area contributed by atoms with Crippen LogP contribution >= 0.6 is 15.9 Å². The van der Waals surface area contributed by atoms with Crippen molar-refractivity contribution in [3.63, 3.8) is 0 Å². The van der Waals surface area contributed by atoms with Gasteiger partial charge in [-0.25, -0.2) is 0 Å². The molecule has 0 spiro atoms. The Kier molecular flexibility index (Phi) is 3.78. The van der Waals surface area contributed by atoms with Gasteiger partial charge in [0.25, 0.3) is 0 Å². The number of anilines is 1. The van der Waals surface area contributed by atoms with Crippen molar-refractivity contribution in [2.45, 2.75) is 13.8 Å². The summed E-state index contributed by atoms with van der Waals surface area (Å²) in [5, 5.41) is 7.04. The van der Waals surface area contributed by atoms with Gasteiger partial charge in [-0.3, -0.25) is 0 Å². The molecule has 17 heavy (non-hydrogen) atoms. The van der Waals surface area contributed by atoms with E-state index in [9.17, 15) is 0 Å². The number of hydrogen-bond acceptors (Lipinski definition) is 4. The molecule has 4 nitrogen and oxygen atoms in total. The molecule has 5 heteroatoms. The third kappa shape index (κ3) is 3.06. The lowest BCUT2D eigenvalue weighted by molar-refractivity contribution is 0.429. The molecule has 1 aromatic carbocycles. The van der Waals surface area contributed by atoms with E-state index < -0.39 is 0 Å². The van der Waals surface area contributed by atoms with E-state index in [1.165, 1.54) is 0 Å². The summed E-state index contributed by atoms with van der Waals surface area (Å²) in [6.07, 6.45) is 0. The number of hydrogen-bond donors (Lipinski definition) is 1. The summed E-state index contributed by atoms with van der Waals surface area (Å²) in [4.78, 5) is 4.29. The highest BCUT2D eigenvalue weighted by Crippen LogP contribution is 2.26. The molecule has 1 heterocycles. The quantitative estimate of drug-likeness (QED) is 0.937. The van der Waals surface area contributed by atoms with Crippen LogP contribution < -0.4 is 5.32 Å². The normalized spacial score (nSPS) is 10.8. The number of benzene rings is 1. The molecular weight excluding hydrogens is 282 g/mol. The van der Waals surface area contributed by atoms with Crippen LogP contribution in [0.15, 0.2) is 33.3 Å². The summed E-state index contributed by atoms with van der Waals surface area (Å²) in [5.74, 6) is 1.12. The van der Waals surface area contributed by atoms with Crippen LogP contribution in [0.1, 0.15) is 13.8 Å². The van der Waals surface area contributed by atoms with E-state index in [4.69, 9.17) is 4.52 Å². The topological polar surface area (TPSA) is 51.0 Å². The lowest BCUT2D eigenvalue weighted by atomic mass is 10.2. The number of aromatic nitrogens is 2. The van der Waals surface area contributed by atoms with E-state index in [1.54, 1.807) is 0 Å². The van der Waals surface area contributed by atoms with E-state index in [0.717, 1.165) is 16.6 Å². The minimum atomic E-state index is 0.462. The molecule has 0 amide bonds. The van der Waals surface area contributed by atoms with Gasteiger partial charge in [0.2, 0.25) is 5.82 Å². The Morgan fingerprint density at radius 3 is 2.82 bits per heavy atom. The maximum Gasteiger partial charge on any atom is 0.321 e. The van der Waals surface area contributed by atoms with E-state index in [1.807, 2.05) is 24.3 Å². The van der Waals surface area contributed by atoms with Crippen molar-refractivity contribution in [2.24, 2.45) is 5.92 Å². The van der Waals surface area contributed by atoms with Crippen LogP contribution in [0.4, 0.5) is 6.01 Å². The first-order valence-electron chi connectivity index (χ1n) is 5.49. The van der Waals surface area contributed by atoms with Crippen molar-refractivity contribution < 1.29 is 4.52 Å². The van der Waals surface area contributed by atoms with Crippen LogP contribution in [-0.2, 0) is 0 Å². The van der Waals surface area contributed by atoms with E-state index in [-0.39, 0.29) is 0 Å². The smallest absolute Gasteiger partial charge is 0.321 e. The minimum absolute atomic E-state index is 0.462. The fourth-order valence-corrected chi connectivity index (χ4v) is 1.80. The predicted molar refractivity (Wildman–Crippen MR) is 70.8 cm³/mol. The molecule has 0 aliphatic carbocycles. The lowest BCUT2D eigenvalue weighted by Gasteiger charge is -2.02. The maximum atomic E-state index is 5.13. The van der Waals surface area contributed by atoms with Gasteiger partial charge < -0.3 is 9.84 Å². The number of nitrogens with zero attached hydrogens (tertiary/aromatic N) is 2. The molecule has 2 aromatic rings. The Morgan fingerprint density at radius 1 is 1.35 bits per heavy atom. The molecule has 0 aliphatic rings. The molecule has 0 saturated heterocycles. The second-order valence-electron chi connectivity index (χ2n) is 4.18. The summed E-state index contributed by atoms with van der Waals surface area (Å²) in [6.45, 7) is 5.06. The van der Waals surface area contributed by atoms with E-state index >= 15 is 0 Å². The summed E-state index contributed by atoms with van der Waals surface area (Å²) in [5.41, 5.74) is 0.925. The third-order valence-electron chi connectivity index (χ3n) is 2.20. The zero-order valence-corrected chi connectivity index (χ0v) is 11.4. The average Bonchev–Trinajstić information content (AvgIpc) is 2.75. The zero-order valence-electron chi connectivity index (χ0n) is 9.77. The van der Waals surface area contributed by atoms with Crippen LogP contribution in [0, 0.1) is 5.92 Å². The molecule has 0 bridgehead atoms. The minimum Gasteiger partial charge on any atom is -0.337 e. The van der Waals surface area contributed by atoms with Crippen molar-refractivity contribution in [3.8, 4) is 11.4 Å². The summed E-state index contributed by atoms with van der Waals surface area (Å²) >= 11 is 3.46. The molecule has 0 fully saturated rings. The number of halogens is 1. The molecule has 2 rings (SSSR count). The summed E-state index contributed by atoms with van der Waals surface area (Å²) in [7, 11) is 0. The fourth-order valence-electron chi connectivity index (χ4n) is 1.34. The highest BCUT2D eigenvalue weighted by atomic mass is 79.9. The molecule has 0 radical (unpaired) electrons. The molecular formula is C12H14BrN3O. The largest absolute Gasteiger partial charge is 0.337 e. The van der Waals surface area contributed by atoms with E-state index in [0.29, 0.717) is 17.8 Å². The van der Waals surface area contributed by atoms with E-state index in [2.05, 4.69) is 45.2 Å². The van der Waals surface area contributed by atoms with Crippen LogP contribution in [-0.4, -0.2) is 16.7 Å². The molecule has 0 atom stereocenters. The molecule has 0 aliphatic heterocycles. The Labute approximate surface area is 109 Å². The predicted octanol–water partition coefficient (Wildman–Crippen LogP) is 3.57. The first-order chi connectivity index (χ1) is 8.16. The van der Waals surface area contributed by atoms with Gasteiger partial charge in [-0.1, -0.05) is 47.1 Å². The zero-order chi connectivity index (χ0) is 12.3. The van der Waals surface area contributed by atoms with Gasteiger partial charge in [0.05, 0.1) is 0 Å². The highest BCUT2D eigenvalue weighted by molar-refractivity contribution is 9.10. The van der Waals surface area contributed by atoms with Gasteiger partial charge in [0.1, 0.15) is 0 Å². The van der Waals surface area contributed by atoms with Gasteiger partial charge in [-0.05, 0) is 18.1 Å². The van der Waals surface area contributed by atoms with Crippen molar-refractivity contribution in [3.05, 3.63) is 28.7 Å². The summed E-state index contributed by atoms with van der Waals surface area (Å²) < 4.78 is 6.09. The Morgan fingerprint density at radius 2 is 2.12 bits per heavy atom. The summed E-state index contributed by atoms with van der Waals surface area (Å²) in [6, 6.07) is 8.25. The molecule has 0 saturated carbocycles. The lowest BCUT2D eigenvalue weighted by Crippen LogP contribution is -2.07. The van der Waals surface area contributed by atoms with Crippen LogP contribution in [0.25, 0.3) is 11.4 Å². The second-order valence-corrected chi connectivity index (χ2v) is 5.03. The maximum absolute atomic E-state index is 5.13. The molecule has 1 N–H and O–H groups in total. The number of nitrogens with one attached hydrogen (secondary N) is 1. The van der Waals surface area contributed by atoms with Gasteiger partial charge in [0.15, 0.2) is 0 Å². The highest BCUT2D eigenvalue weighted by Gasteiger charge is 2.10. The Hall–Kier alpha value is -1.36. The monoisotopic (exact) mass is 295 g/mol. The number of rotatable bonds is 4. The van der Waals surface area contributed by atoms with Crippen molar-refractivity contribution in [1.29, 1.82) is 0 Å². The standard InChI is InChI=1S/C12H14BrN3O/c1-8(2)7-14-12-15-11(16-17-12)9-5-3-4-6-10(9)13/h3-6,8H,7H2,1-2H3,(H,14,15,16). The van der Waals surface area contributed by atoms with Gasteiger partial charge >= 0.3 is 6.01 Å². The Bertz CT molecular complexity index is 496. The van der Waals surface area contributed by atoms with Crippen molar-refractivity contribution in [1.82, 2.24) is 10.1 Å². The third-order valence-corrected chi connectivity index (χ3v) is 2.89. The fraction of sp³-hybridized carbons (Fsp3) is 0.333. The SMILES string of the molecule is CC(C)CNc1nc(-c2ccccc2Br)no1. The molecule has 90 valence electrons. The first kappa shape index (κ1) is 12.1. The van der Waals surface area contributed by atoms with Gasteiger partial charge in [-0.2, -0.15) is 4.98 Å². The molecule has 0 unspecified atom stereocenters. The van der Waals surface area contributed by atoms with Crippen molar-refractivity contribution in [2.75, 3.05) is 11.9 Å². The first-order valence-corrected chi connectivity index (χ1v) is 6.28. The van der Waals surface area contributed by atoms with Crippen LogP contribution in [0.2, 0.25) is 0 Å². The van der Waals surface area contributed by atoms with Crippen molar-refractivity contribution >= 4 is 21.9 Å². The molecule has 1 aromatic heterocycles. The second kappa shape index (κ2) is 5.31. The van der Waals surface area contributed by atoms with Crippen LogP contribution in [0.5, 0.6) is 0 Å².